The zero-order valence-corrected chi connectivity index (χ0v) is 11.9. The van der Waals surface area contributed by atoms with Crippen molar-refractivity contribution in [2.24, 2.45) is 0 Å². The van der Waals surface area contributed by atoms with Crippen LogP contribution >= 0.6 is 0 Å². The van der Waals surface area contributed by atoms with Gasteiger partial charge in [-0.1, -0.05) is 13.8 Å². The van der Waals surface area contributed by atoms with E-state index in [-0.39, 0.29) is 18.0 Å². The molecule has 20 heavy (non-hydrogen) atoms. The van der Waals surface area contributed by atoms with Crippen molar-refractivity contribution in [2.45, 2.75) is 26.7 Å². The number of hydrogen-bond acceptors (Lipinski definition) is 3. The summed E-state index contributed by atoms with van der Waals surface area (Å²) in [5, 5.41) is 2.70. The predicted octanol–water partition coefficient (Wildman–Crippen LogP) is 1.60. The van der Waals surface area contributed by atoms with E-state index < -0.39 is 11.9 Å². The van der Waals surface area contributed by atoms with Crippen LogP contribution in [-0.2, 0) is 4.79 Å². The molecule has 0 atom stereocenters. The van der Waals surface area contributed by atoms with E-state index in [1.54, 1.807) is 0 Å². The average molecular weight is 281 g/mol. The van der Waals surface area contributed by atoms with Gasteiger partial charge in [0, 0.05) is 19.3 Å². The molecule has 0 saturated heterocycles. The zero-order chi connectivity index (χ0) is 15.0. The first-order valence-corrected chi connectivity index (χ1v) is 6.76. The maximum Gasteiger partial charge on any atom is 0.258 e. The number of pyridine rings is 1. The van der Waals surface area contributed by atoms with E-state index >= 15 is 0 Å². The molecule has 1 rings (SSSR count). The topological polar surface area (TPSA) is 62.3 Å². The highest BCUT2D eigenvalue weighted by molar-refractivity contribution is 5.96. The van der Waals surface area contributed by atoms with Crippen LogP contribution in [0.5, 0.6) is 0 Å². The fourth-order valence-electron chi connectivity index (χ4n) is 1.73. The van der Waals surface area contributed by atoms with Gasteiger partial charge in [0.1, 0.15) is 0 Å². The van der Waals surface area contributed by atoms with E-state index in [2.05, 4.69) is 10.3 Å². The highest BCUT2D eigenvalue weighted by Crippen LogP contribution is 2.08. The van der Waals surface area contributed by atoms with Gasteiger partial charge >= 0.3 is 0 Å². The fourth-order valence-corrected chi connectivity index (χ4v) is 1.73. The molecule has 1 N–H and O–H groups in total. The third kappa shape index (κ3) is 4.60. The smallest absolute Gasteiger partial charge is 0.258 e. The van der Waals surface area contributed by atoms with E-state index in [0.29, 0.717) is 19.5 Å². The van der Waals surface area contributed by atoms with Gasteiger partial charge in [-0.05, 0) is 25.0 Å². The van der Waals surface area contributed by atoms with E-state index in [1.807, 2.05) is 13.8 Å². The number of rotatable bonds is 7. The standard InChI is InChI=1S/C14H20FN3O2/c1-3-7-16-12(19)10-18(9-4-2)14(20)11-6-5-8-17-13(11)15/h5-6,8H,3-4,7,9-10H2,1-2H3,(H,16,19). The van der Waals surface area contributed by atoms with Gasteiger partial charge in [-0.25, -0.2) is 4.98 Å². The Bertz CT molecular complexity index is 465. The van der Waals surface area contributed by atoms with Crippen LogP contribution in [0.15, 0.2) is 18.3 Å². The van der Waals surface area contributed by atoms with Crippen molar-refractivity contribution < 1.29 is 14.0 Å². The summed E-state index contributed by atoms with van der Waals surface area (Å²) in [6, 6.07) is 2.87. The SMILES string of the molecule is CCCNC(=O)CN(CCC)C(=O)c1cccnc1F. The van der Waals surface area contributed by atoms with Crippen LogP contribution in [0.3, 0.4) is 0 Å². The second-order valence-corrected chi connectivity index (χ2v) is 4.42. The summed E-state index contributed by atoms with van der Waals surface area (Å²) in [4.78, 5) is 28.7. The van der Waals surface area contributed by atoms with Crippen LogP contribution in [0.4, 0.5) is 4.39 Å². The van der Waals surface area contributed by atoms with Crippen LogP contribution in [0.2, 0.25) is 0 Å². The molecule has 0 aliphatic heterocycles. The van der Waals surface area contributed by atoms with Gasteiger partial charge in [-0.3, -0.25) is 9.59 Å². The van der Waals surface area contributed by atoms with Gasteiger partial charge in [-0.2, -0.15) is 4.39 Å². The molecule has 0 unspecified atom stereocenters. The second-order valence-electron chi connectivity index (χ2n) is 4.42. The number of aromatic nitrogens is 1. The number of nitrogens with zero attached hydrogens (tertiary/aromatic N) is 2. The quantitative estimate of drug-likeness (QED) is 0.772. The third-order valence-corrected chi connectivity index (χ3v) is 2.68. The molecule has 0 aliphatic carbocycles. The summed E-state index contributed by atoms with van der Waals surface area (Å²) < 4.78 is 13.5. The Kier molecular flexibility index (Phi) is 6.63. The Balaban J connectivity index is 2.77. The molecule has 110 valence electrons. The number of hydrogen-bond donors (Lipinski definition) is 1. The van der Waals surface area contributed by atoms with Gasteiger partial charge in [0.2, 0.25) is 11.9 Å². The molecule has 0 aliphatic rings. The summed E-state index contributed by atoms with van der Waals surface area (Å²) >= 11 is 0. The molecule has 1 heterocycles. The number of amides is 2. The molecule has 6 heteroatoms. The van der Waals surface area contributed by atoms with Crippen LogP contribution in [0.1, 0.15) is 37.0 Å². The monoisotopic (exact) mass is 281 g/mol. The average Bonchev–Trinajstić information content (AvgIpc) is 2.44. The Morgan fingerprint density at radius 2 is 2.10 bits per heavy atom. The lowest BCUT2D eigenvalue weighted by Crippen LogP contribution is -2.41. The van der Waals surface area contributed by atoms with Crippen LogP contribution in [0, 0.1) is 5.95 Å². The largest absolute Gasteiger partial charge is 0.355 e. The molecule has 1 aromatic rings. The lowest BCUT2D eigenvalue weighted by molar-refractivity contribution is -0.121. The van der Waals surface area contributed by atoms with Crippen molar-refractivity contribution >= 4 is 11.8 Å². The number of nitrogens with one attached hydrogen (secondary N) is 1. The molecular formula is C14H20FN3O2. The summed E-state index contributed by atoms with van der Waals surface area (Å²) in [5.41, 5.74) is -0.107. The maximum atomic E-state index is 13.5. The Labute approximate surface area is 118 Å². The first-order chi connectivity index (χ1) is 9.60. The summed E-state index contributed by atoms with van der Waals surface area (Å²) in [7, 11) is 0. The van der Waals surface area contributed by atoms with E-state index in [4.69, 9.17) is 0 Å². The van der Waals surface area contributed by atoms with Crippen molar-refractivity contribution in [3.63, 3.8) is 0 Å². The van der Waals surface area contributed by atoms with E-state index in [9.17, 15) is 14.0 Å². The Morgan fingerprint density at radius 1 is 1.35 bits per heavy atom. The second kappa shape index (κ2) is 8.24. The lowest BCUT2D eigenvalue weighted by atomic mass is 10.2. The minimum absolute atomic E-state index is 0.0684. The lowest BCUT2D eigenvalue weighted by Gasteiger charge is -2.21. The third-order valence-electron chi connectivity index (χ3n) is 2.68. The van der Waals surface area contributed by atoms with Crippen molar-refractivity contribution in [2.75, 3.05) is 19.6 Å². The van der Waals surface area contributed by atoms with Gasteiger partial charge in [0.15, 0.2) is 0 Å². The van der Waals surface area contributed by atoms with Gasteiger partial charge < -0.3 is 10.2 Å². The highest BCUT2D eigenvalue weighted by atomic mass is 19.1. The van der Waals surface area contributed by atoms with E-state index in [1.165, 1.54) is 23.2 Å². The van der Waals surface area contributed by atoms with Crippen LogP contribution < -0.4 is 5.32 Å². The molecule has 0 spiro atoms. The minimum Gasteiger partial charge on any atom is -0.355 e. The normalized spacial score (nSPS) is 10.2. The molecule has 0 saturated carbocycles. The molecule has 0 fully saturated rings. The van der Waals surface area contributed by atoms with Crippen molar-refractivity contribution in [1.29, 1.82) is 0 Å². The molecule has 0 bridgehead atoms. The Morgan fingerprint density at radius 3 is 2.70 bits per heavy atom. The Hall–Kier alpha value is -1.98. The van der Waals surface area contributed by atoms with Gasteiger partial charge in [-0.15, -0.1) is 0 Å². The predicted molar refractivity (Wildman–Crippen MR) is 73.7 cm³/mol. The minimum atomic E-state index is -0.812. The first kappa shape index (κ1) is 16.1. The van der Waals surface area contributed by atoms with Crippen LogP contribution in [0.25, 0.3) is 0 Å². The van der Waals surface area contributed by atoms with Crippen LogP contribution in [-0.4, -0.2) is 41.3 Å². The highest BCUT2D eigenvalue weighted by Gasteiger charge is 2.21. The first-order valence-electron chi connectivity index (χ1n) is 6.76. The molecule has 0 radical (unpaired) electrons. The van der Waals surface area contributed by atoms with Gasteiger partial charge in [0.25, 0.3) is 5.91 Å². The summed E-state index contributed by atoms with van der Waals surface area (Å²) in [6.07, 6.45) is 2.80. The van der Waals surface area contributed by atoms with E-state index in [0.717, 1.165) is 6.42 Å². The zero-order valence-electron chi connectivity index (χ0n) is 11.9. The maximum absolute atomic E-state index is 13.5. The molecule has 5 nitrogen and oxygen atoms in total. The summed E-state index contributed by atoms with van der Waals surface area (Å²) in [5.74, 6) is -1.56. The molecule has 0 aromatic carbocycles. The van der Waals surface area contributed by atoms with Gasteiger partial charge in [0.05, 0.1) is 12.1 Å². The fraction of sp³-hybridized carbons (Fsp3) is 0.500. The van der Waals surface area contributed by atoms with Crippen molar-refractivity contribution in [1.82, 2.24) is 15.2 Å². The molecule has 1 aromatic heterocycles. The van der Waals surface area contributed by atoms with Crippen molar-refractivity contribution in [3.05, 3.63) is 29.8 Å². The molecular weight excluding hydrogens is 261 g/mol. The number of carbonyl (C=O) groups is 2. The molecule has 2 amide bonds. The number of halogens is 1. The summed E-state index contributed by atoms with van der Waals surface area (Å²) in [6.45, 7) is 4.73. The number of carbonyl (C=O) groups excluding carboxylic acids is 2. The van der Waals surface area contributed by atoms with Crippen molar-refractivity contribution in [3.8, 4) is 0 Å².